The van der Waals surface area contributed by atoms with Crippen molar-refractivity contribution in [2.24, 2.45) is 5.73 Å². The Morgan fingerprint density at radius 2 is 2.21 bits per heavy atom. The molecule has 0 aliphatic heterocycles. The van der Waals surface area contributed by atoms with Gasteiger partial charge in [0.05, 0.1) is 16.3 Å². The largest absolute Gasteiger partial charge is 0.322 e. The number of benzene rings is 1. The number of nitrogens with two attached hydrogens (primary N) is 1. The second kappa shape index (κ2) is 4.21. The van der Waals surface area contributed by atoms with Crippen LogP contribution in [0, 0.1) is 5.82 Å². The Balaban J connectivity index is 0.000000980. The van der Waals surface area contributed by atoms with Gasteiger partial charge in [-0.1, -0.05) is 0 Å². The van der Waals surface area contributed by atoms with Crippen molar-refractivity contribution in [1.82, 2.24) is 4.98 Å². The van der Waals surface area contributed by atoms with Gasteiger partial charge in [0.2, 0.25) is 0 Å². The van der Waals surface area contributed by atoms with E-state index in [2.05, 4.69) is 4.98 Å². The second-order valence-corrected chi connectivity index (χ2v) is 4.02. The van der Waals surface area contributed by atoms with E-state index in [-0.39, 0.29) is 24.3 Å². The quantitative estimate of drug-likeness (QED) is 0.821. The van der Waals surface area contributed by atoms with Gasteiger partial charge in [-0.3, -0.25) is 0 Å². The first kappa shape index (κ1) is 11.4. The monoisotopic (exact) mass is 232 g/mol. The molecule has 0 fully saturated rings. The Morgan fingerprint density at radius 1 is 1.50 bits per heavy atom. The molecule has 2 aromatic rings. The summed E-state index contributed by atoms with van der Waals surface area (Å²) in [5, 5.41) is 0.848. The molecule has 1 aromatic heterocycles. The van der Waals surface area contributed by atoms with Gasteiger partial charge in [0.1, 0.15) is 10.8 Å². The van der Waals surface area contributed by atoms with Crippen LogP contribution >= 0.6 is 23.7 Å². The van der Waals surface area contributed by atoms with E-state index in [0.29, 0.717) is 0 Å². The molecule has 2 nitrogen and oxygen atoms in total. The molecule has 1 unspecified atom stereocenters. The third-order valence-electron chi connectivity index (χ3n) is 1.76. The molecule has 0 aliphatic carbocycles. The average molecular weight is 233 g/mol. The van der Waals surface area contributed by atoms with Crippen LogP contribution in [0.3, 0.4) is 0 Å². The van der Waals surface area contributed by atoms with Gasteiger partial charge in [-0.25, -0.2) is 9.37 Å². The molecule has 2 N–H and O–H groups in total. The number of fused-ring (bicyclic) bond motifs is 1. The Morgan fingerprint density at radius 3 is 2.86 bits per heavy atom. The summed E-state index contributed by atoms with van der Waals surface area (Å²) in [4.78, 5) is 4.28. The lowest BCUT2D eigenvalue weighted by molar-refractivity contribution is 0.630. The fourth-order valence-corrected chi connectivity index (χ4v) is 2.06. The average Bonchev–Trinajstić information content (AvgIpc) is 2.46. The Bertz CT molecular complexity index is 441. The summed E-state index contributed by atoms with van der Waals surface area (Å²) >= 11 is 1.44. The minimum Gasteiger partial charge on any atom is -0.322 e. The first-order chi connectivity index (χ1) is 6.16. The zero-order valence-electron chi connectivity index (χ0n) is 7.53. The lowest BCUT2D eigenvalue weighted by atomic mass is 10.3. The number of hydrogen-bond donors (Lipinski definition) is 1. The van der Waals surface area contributed by atoms with Crippen LogP contribution in [0.25, 0.3) is 10.2 Å². The molecule has 76 valence electrons. The smallest absolute Gasteiger partial charge is 0.124 e. The molecule has 0 saturated heterocycles. The standard InChI is InChI=1S/C9H9FN2S.ClH/c1-5(11)9-12-7-3-2-6(10)4-8(7)13-9;/h2-5H,11H2,1H3;1H. The van der Waals surface area contributed by atoms with E-state index in [1.807, 2.05) is 6.92 Å². The number of halogens is 2. The van der Waals surface area contributed by atoms with Gasteiger partial charge in [0, 0.05) is 0 Å². The first-order valence-electron chi connectivity index (χ1n) is 3.98. The maximum absolute atomic E-state index is 12.8. The number of nitrogens with zero attached hydrogens (tertiary/aromatic N) is 1. The predicted octanol–water partition coefficient (Wildman–Crippen LogP) is 2.88. The van der Waals surface area contributed by atoms with Gasteiger partial charge >= 0.3 is 0 Å². The van der Waals surface area contributed by atoms with E-state index in [4.69, 9.17) is 5.73 Å². The normalized spacial score (nSPS) is 12.5. The highest BCUT2D eigenvalue weighted by Crippen LogP contribution is 2.25. The highest BCUT2D eigenvalue weighted by Gasteiger charge is 2.07. The van der Waals surface area contributed by atoms with Crippen LogP contribution in [-0.2, 0) is 0 Å². The molecule has 0 radical (unpaired) electrons. The molecule has 2 rings (SSSR count). The minimum atomic E-state index is -0.229. The Hall–Kier alpha value is -0.710. The maximum Gasteiger partial charge on any atom is 0.124 e. The van der Waals surface area contributed by atoms with E-state index in [1.54, 1.807) is 6.07 Å². The van der Waals surface area contributed by atoms with Gasteiger partial charge in [-0.05, 0) is 25.1 Å². The van der Waals surface area contributed by atoms with Gasteiger partial charge in [-0.2, -0.15) is 0 Å². The van der Waals surface area contributed by atoms with Crippen molar-refractivity contribution in [1.29, 1.82) is 0 Å². The maximum atomic E-state index is 12.8. The molecule has 0 spiro atoms. The summed E-state index contributed by atoms with van der Waals surface area (Å²) in [5.41, 5.74) is 6.49. The summed E-state index contributed by atoms with van der Waals surface area (Å²) < 4.78 is 13.6. The zero-order chi connectivity index (χ0) is 9.42. The number of thiazole rings is 1. The van der Waals surface area contributed by atoms with Gasteiger partial charge in [0.15, 0.2) is 0 Å². The molecule has 0 aliphatic rings. The van der Waals surface area contributed by atoms with E-state index < -0.39 is 0 Å². The molecule has 1 heterocycles. The highest BCUT2D eigenvalue weighted by atomic mass is 35.5. The van der Waals surface area contributed by atoms with Crippen LogP contribution < -0.4 is 5.73 Å². The molecule has 14 heavy (non-hydrogen) atoms. The van der Waals surface area contributed by atoms with Gasteiger partial charge in [-0.15, -0.1) is 23.7 Å². The third-order valence-corrected chi connectivity index (χ3v) is 2.98. The lowest BCUT2D eigenvalue weighted by Crippen LogP contribution is -2.03. The minimum absolute atomic E-state index is 0. The molecule has 0 saturated carbocycles. The molecule has 1 aromatic carbocycles. The summed E-state index contributed by atoms with van der Waals surface area (Å²) in [7, 11) is 0. The van der Waals surface area contributed by atoms with Crippen molar-refractivity contribution in [3.8, 4) is 0 Å². The van der Waals surface area contributed by atoms with E-state index >= 15 is 0 Å². The van der Waals surface area contributed by atoms with Crippen molar-refractivity contribution in [3.05, 3.63) is 29.0 Å². The molecule has 0 bridgehead atoms. The predicted molar refractivity (Wildman–Crippen MR) is 59.4 cm³/mol. The van der Waals surface area contributed by atoms with Crippen LogP contribution in [0.5, 0.6) is 0 Å². The molecule has 5 heteroatoms. The van der Waals surface area contributed by atoms with Crippen LogP contribution in [0.1, 0.15) is 18.0 Å². The van der Waals surface area contributed by atoms with E-state index in [9.17, 15) is 4.39 Å². The lowest BCUT2D eigenvalue weighted by Gasteiger charge is -1.95. The number of hydrogen-bond acceptors (Lipinski definition) is 3. The number of rotatable bonds is 1. The van der Waals surface area contributed by atoms with Crippen molar-refractivity contribution in [3.63, 3.8) is 0 Å². The molecular formula is C9H10ClFN2S. The Kier molecular flexibility index (Phi) is 3.42. The first-order valence-corrected chi connectivity index (χ1v) is 4.80. The van der Waals surface area contributed by atoms with Gasteiger partial charge < -0.3 is 5.73 Å². The SMILES string of the molecule is CC(N)c1nc2ccc(F)cc2s1.Cl. The molecule has 0 amide bonds. The third kappa shape index (κ3) is 2.03. The number of aromatic nitrogens is 1. The van der Waals surface area contributed by atoms with Crippen LogP contribution in [0.4, 0.5) is 4.39 Å². The van der Waals surface area contributed by atoms with Crippen LogP contribution in [0.15, 0.2) is 18.2 Å². The van der Waals surface area contributed by atoms with E-state index in [0.717, 1.165) is 15.2 Å². The Labute approximate surface area is 91.4 Å². The highest BCUT2D eigenvalue weighted by molar-refractivity contribution is 7.18. The zero-order valence-corrected chi connectivity index (χ0v) is 9.16. The summed E-state index contributed by atoms with van der Waals surface area (Å²) in [6, 6.07) is 4.49. The van der Waals surface area contributed by atoms with Crippen molar-refractivity contribution in [2.45, 2.75) is 13.0 Å². The fraction of sp³-hybridized carbons (Fsp3) is 0.222. The molecular weight excluding hydrogens is 223 g/mol. The summed E-state index contributed by atoms with van der Waals surface area (Å²) in [6.45, 7) is 1.87. The second-order valence-electron chi connectivity index (χ2n) is 2.95. The van der Waals surface area contributed by atoms with Crippen LogP contribution in [0.2, 0.25) is 0 Å². The van der Waals surface area contributed by atoms with Crippen molar-refractivity contribution >= 4 is 34.0 Å². The van der Waals surface area contributed by atoms with Gasteiger partial charge in [0.25, 0.3) is 0 Å². The molecule has 1 atom stereocenters. The fourth-order valence-electron chi connectivity index (χ4n) is 1.11. The topological polar surface area (TPSA) is 38.9 Å². The van der Waals surface area contributed by atoms with Crippen molar-refractivity contribution < 1.29 is 4.39 Å². The van der Waals surface area contributed by atoms with Crippen LogP contribution in [-0.4, -0.2) is 4.98 Å². The van der Waals surface area contributed by atoms with E-state index in [1.165, 1.54) is 23.5 Å². The van der Waals surface area contributed by atoms with Crippen molar-refractivity contribution in [2.75, 3.05) is 0 Å². The summed E-state index contributed by atoms with van der Waals surface area (Å²) in [5.74, 6) is -0.229. The summed E-state index contributed by atoms with van der Waals surface area (Å²) in [6.07, 6.45) is 0.